The lowest BCUT2D eigenvalue weighted by molar-refractivity contribution is -0.118. The largest absolute Gasteiger partial charge is 0.395 e. The molecular formula is C25H43N7O10. The molecule has 0 bridgehead atoms. The van der Waals surface area contributed by atoms with Gasteiger partial charge in [0, 0.05) is 27.9 Å². The molecule has 0 spiro atoms. The first-order chi connectivity index (χ1) is 20.1. The minimum atomic E-state index is -1.22. The van der Waals surface area contributed by atoms with Crippen LogP contribution in [0.15, 0.2) is 14.4 Å². The molecule has 0 radical (unpaired) electrons. The molecule has 0 aliphatic carbocycles. The smallest absolute Gasteiger partial charge is 0.336 e. The van der Waals surface area contributed by atoms with Gasteiger partial charge >= 0.3 is 29.1 Å². The molecule has 0 aromatic carbocycles. The molecule has 1 aromatic rings. The van der Waals surface area contributed by atoms with E-state index in [2.05, 4.69) is 0 Å². The van der Waals surface area contributed by atoms with E-state index in [-0.39, 0.29) is 65.1 Å². The van der Waals surface area contributed by atoms with Crippen LogP contribution >= 0.6 is 0 Å². The number of fused-ring (bicyclic) bond motifs is 1. The van der Waals surface area contributed by atoms with E-state index in [0.717, 1.165) is 13.7 Å². The maximum absolute atomic E-state index is 13.9. The zero-order chi connectivity index (χ0) is 31.2. The number of hydrogen-bond donors (Lipinski definition) is 1. The SMILES string of the molecule is CCCC12N(CC)C(=O)N(COCCn3c(=O)n(CCO)c(=O)n(CCOC)c3=O)C1(C)N(COC)C(=O)N2COC. The zero-order valence-electron chi connectivity index (χ0n) is 25.2. The minimum Gasteiger partial charge on any atom is -0.395 e. The third-order valence-electron chi connectivity index (χ3n) is 7.97. The standard InChI is InChI=1S/C25H43N7O10/c1-7-9-25-24(3,30(16-40-5)23(38)32(25)17-41-6)31(22(37)29(25)8-2)18-42-15-12-28-20(35)26(10-13-33)19(34)27(21(28)36)11-14-39-4/h33H,7-18H2,1-6H3. The lowest BCUT2D eigenvalue weighted by Crippen LogP contribution is -2.67. The van der Waals surface area contributed by atoms with Crippen molar-refractivity contribution < 1.29 is 33.6 Å². The summed E-state index contributed by atoms with van der Waals surface area (Å²) >= 11 is 0. The number of methoxy groups -OCH3 is 3. The normalized spacial score (nSPS) is 22.2. The molecule has 3 heterocycles. The Morgan fingerprint density at radius 1 is 0.667 bits per heavy atom. The Bertz CT molecular complexity index is 1300. The predicted octanol–water partition coefficient (Wildman–Crippen LogP) is -1.30. The van der Waals surface area contributed by atoms with Crippen molar-refractivity contribution in [3.05, 3.63) is 31.5 Å². The van der Waals surface area contributed by atoms with Gasteiger partial charge in [-0.3, -0.25) is 19.6 Å². The van der Waals surface area contributed by atoms with Crippen LogP contribution in [0.4, 0.5) is 9.59 Å². The number of rotatable bonds is 17. The van der Waals surface area contributed by atoms with Crippen molar-refractivity contribution in [3.63, 3.8) is 0 Å². The van der Waals surface area contributed by atoms with Crippen LogP contribution in [0.25, 0.3) is 0 Å². The summed E-state index contributed by atoms with van der Waals surface area (Å²) in [7, 11) is 4.35. The van der Waals surface area contributed by atoms with Gasteiger partial charge in [0.25, 0.3) is 0 Å². The molecule has 238 valence electrons. The van der Waals surface area contributed by atoms with Crippen molar-refractivity contribution in [2.45, 2.75) is 64.6 Å². The van der Waals surface area contributed by atoms with Gasteiger partial charge in [0.05, 0.1) is 39.5 Å². The monoisotopic (exact) mass is 601 g/mol. The van der Waals surface area contributed by atoms with Crippen molar-refractivity contribution in [1.29, 1.82) is 0 Å². The van der Waals surface area contributed by atoms with E-state index < -0.39 is 35.0 Å². The first kappa shape index (κ1) is 33.3. The van der Waals surface area contributed by atoms with Gasteiger partial charge in [0.15, 0.2) is 11.3 Å². The van der Waals surface area contributed by atoms with E-state index in [1.807, 2.05) is 13.8 Å². The van der Waals surface area contributed by atoms with Crippen molar-refractivity contribution in [2.75, 3.05) is 67.9 Å². The summed E-state index contributed by atoms with van der Waals surface area (Å²) in [6.07, 6.45) is 1.11. The van der Waals surface area contributed by atoms with E-state index in [1.54, 1.807) is 16.7 Å². The van der Waals surface area contributed by atoms with Gasteiger partial charge in [-0.25, -0.2) is 37.7 Å². The van der Waals surface area contributed by atoms with Gasteiger partial charge in [-0.1, -0.05) is 13.3 Å². The highest BCUT2D eigenvalue weighted by Crippen LogP contribution is 2.53. The van der Waals surface area contributed by atoms with Crippen LogP contribution in [0.5, 0.6) is 0 Å². The highest BCUT2D eigenvalue weighted by Gasteiger charge is 2.75. The first-order valence-electron chi connectivity index (χ1n) is 13.9. The second-order valence-corrected chi connectivity index (χ2v) is 10.1. The fourth-order valence-corrected chi connectivity index (χ4v) is 6.10. The number of aromatic nitrogens is 3. The fourth-order valence-electron chi connectivity index (χ4n) is 6.10. The lowest BCUT2D eigenvalue weighted by atomic mass is 9.89. The van der Waals surface area contributed by atoms with Crippen molar-refractivity contribution in [2.24, 2.45) is 0 Å². The lowest BCUT2D eigenvalue weighted by Gasteiger charge is -2.47. The summed E-state index contributed by atoms with van der Waals surface area (Å²) < 4.78 is 24.1. The van der Waals surface area contributed by atoms with E-state index >= 15 is 0 Å². The third kappa shape index (κ3) is 5.12. The van der Waals surface area contributed by atoms with Gasteiger partial charge in [-0.2, -0.15) is 0 Å². The summed E-state index contributed by atoms with van der Waals surface area (Å²) in [5, 5.41) is 9.35. The van der Waals surface area contributed by atoms with E-state index in [0.29, 0.717) is 19.4 Å². The number of carbonyl (C=O) groups excluding carboxylic acids is 2. The van der Waals surface area contributed by atoms with Gasteiger partial charge in [-0.05, 0) is 20.3 Å². The molecule has 3 rings (SSSR count). The van der Waals surface area contributed by atoms with Crippen molar-refractivity contribution in [1.82, 2.24) is 33.3 Å². The molecule has 17 nitrogen and oxygen atoms in total. The highest BCUT2D eigenvalue weighted by atomic mass is 16.5. The van der Waals surface area contributed by atoms with Crippen LogP contribution in [0.2, 0.25) is 0 Å². The number of carbonyl (C=O) groups is 2. The Labute approximate surface area is 243 Å². The van der Waals surface area contributed by atoms with Crippen molar-refractivity contribution >= 4 is 12.1 Å². The molecule has 2 aliphatic heterocycles. The number of nitrogens with zero attached hydrogens (tertiary/aromatic N) is 7. The molecule has 0 saturated carbocycles. The molecule has 4 amide bonds. The van der Waals surface area contributed by atoms with Crippen LogP contribution in [0, 0.1) is 0 Å². The number of hydrogen-bond acceptors (Lipinski definition) is 10. The molecule has 2 fully saturated rings. The van der Waals surface area contributed by atoms with E-state index in [1.165, 1.54) is 31.1 Å². The first-order valence-corrected chi connectivity index (χ1v) is 13.9. The summed E-state index contributed by atoms with van der Waals surface area (Å²) in [4.78, 5) is 72.3. The maximum Gasteiger partial charge on any atom is 0.336 e. The van der Waals surface area contributed by atoms with Crippen molar-refractivity contribution in [3.8, 4) is 0 Å². The topological polar surface area (TPSA) is 170 Å². The fraction of sp³-hybridized carbons (Fsp3) is 0.800. The summed E-state index contributed by atoms with van der Waals surface area (Å²) in [5.74, 6) is 0. The Kier molecular flexibility index (Phi) is 10.9. The summed E-state index contributed by atoms with van der Waals surface area (Å²) in [6, 6.07) is -0.723. The van der Waals surface area contributed by atoms with Gasteiger partial charge in [0.2, 0.25) is 0 Å². The average molecular weight is 602 g/mol. The van der Waals surface area contributed by atoms with Crippen LogP contribution < -0.4 is 17.1 Å². The Morgan fingerprint density at radius 2 is 1.17 bits per heavy atom. The highest BCUT2D eigenvalue weighted by molar-refractivity contribution is 5.88. The van der Waals surface area contributed by atoms with Gasteiger partial charge < -0.3 is 24.1 Å². The minimum absolute atomic E-state index is 0.0467. The number of aliphatic hydroxyl groups is 1. The molecule has 17 heteroatoms. The maximum atomic E-state index is 13.9. The molecule has 2 aliphatic rings. The van der Waals surface area contributed by atoms with Gasteiger partial charge in [-0.15, -0.1) is 0 Å². The second-order valence-electron chi connectivity index (χ2n) is 10.1. The number of amides is 4. The molecule has 42 heavy (non-hydrogen) atoms. The second kappa shape index (κ2) is 13.8. The Balaban J connectivity index is 1.94. The van der Waals surface area contributed by atoms with E-state index in [4.69, 9.17) is 18.9 Å². The molecule has 1 aromatic heterocycles. The molecule has 2 atom stereocenters. The van der Waals surface area contributed by atoms with Crippen LogP contribution in [0.3, 0.4) is 0 Å². The van der Waals surface area contributed by atoms with E-state index in [9.17, 15) is 29.1 Å². The van der Waals surface area contributed by atoms with Crippen LogP contribution in [0.1, 0.15) is 33.6 Å². The number of aliphatic hydroxyl groups excluding tert-OH is 1. The molecule has 1 N–H and O–H groups in total. The van der Waals surface area contributed by atoms with Crippen LogP contribution in [-0.2, 0) is 38.6 Å². The molecule has 2 unspecified atom stereocenters. The molecular weight excluding hydrogens is 558 g/mol. The summed E-state index contributed by atoms with van der Waals surface area (Å²) in [5.41, 5.74) is -4.89. The quantitative estimate of drug-likeness (QED) is 0.212. The predicted molar refractivity (Wildman–Crippen MR) is 147 cm³/mol. The summed E-state index contributed by atoms with van der Waals surface area (Å²) in [6.45, 7) is 4.27. The zero-order valence-corrected chi connectivity index (χ0v) is 25.2. The Hall–Kier alpha value is -3.25. The molecule has 2 saturated heterocycles. The van der Waals surface area contributed by atoms with Gasteiger partial charge in [0.1, 0.15) is 20.2 Å². The average Bonchev–Trinajstić information content (AvgIpc) is 3.24. The Morgan fingerprint density at radius 3 is 1.67 bits per heavy atom. The third-order valence-corrected chi connectivity index (χ3v) is 7.97. The van der Waals surface area contributed by atoms with Crippen LogP contribution in [-0.4, -0.2) is 130 Å². The number of likely N-dealkylation sites (N-methyl/N-ethyl adjacent to an activating group) is 1. The number of ether oxygens (including phenoxy) is 4. The number of urea groups is 2.